The van der Waals surface area contributed by atoms with Crippen LogP contribution in [0.2, 0.25) is 0 Å². The highest BCUT2D eigenvalue weighted by Crippen LogP contribution is 2.26. The highest BCUT2D eigenvalue weighted by Gasteiger charge is 2.30. The van der Waals surface area contributed by atoms with Crippen molar-refractivity contribution in [1.29, 1.82) is 0 Å². The molecule has 1 saturated carbocycles. The summed E-state index contributed by atoms with van der Waals surface area (Å²) in [4.78, 5) is 25.0. The minimum absolute atomic E-state index is 0.0502. The molecule has 3 atom stereocenters. The van der Waals surface area contributed by atoms with Crippen LogP contribution in [0.5, 0.6) is 0 Å². The Balaban J connectivity index is 1.37. The summed E-state index contributed by atoms with van der Waals surface area (Å²) in [5, 5.41) is 9.34. The van der Waals surface area contributed by atoms with Crippen LogP contribution in [0.4, 0.5) is 0 Å². The quantitative estimate of drug-likeness (QED) is 0.394. The smallest absolute Gasteiger partial charge is 0.354 e. The van der Waals surface area contributed by atoms with Gasteiger partial charge in [0.2, 0.25) is 0 Å². The van der Waals surface area contributed by atoms with Crippen LogP contribution >= 0.6 is 0 Å². The summed E-state index contributed by atoms with van der Waals surface area (Å²) in [6.07, 6.45) is 6.90. The minimum Gasteiger partial charge on any atom is -0.477 e. The van der Waals surface area contributed by atoms with Crippen LogP contribution in [0.3, 0.4) is 0 Å². The molecule has 2 aliphatic rings. The number of aromatic carboxylic acids is 1. The second kappa shape index (κ2) is 19.8. The molecule has 1 aliphatic heterocycles. The number of carboxylic acid groups (broad SMARTS) is 1. The Hall–Kier alpha value is -2.51. The normalized spacial score (nSPS) is 22.9. The lowest BCUT2D eigenvalue weighted by Crippen LogP contribution is -2.38. The number of carbonyl (C=O) groups is 1. The predicted molar refractivity (Wildman–Crippen MR) is 166 cm³/mol. The highest BCUT2D eigenvalue weighted by atomic mass is 16.5. The third-order valence-corrected chi connectivity index (χ3v) is 8.05. The number of aromatic nitrogens is 2. The van der Waals surface area contributed by atoms with Crippen molar-refractivity contribution in [2.24, 2.45) is 0 Å². The molecule has 3 heterocycles. The predicted octanol–water partition coefficient (Wildman–Crippen LogP) is 3.84. The fourth-order valence-corrected chi connectivity index (χ4v) is 5.77. The molecule has 0 radical (unpaired) electrons. The lowest BCUT2D eigenvalue weighted by atomic mass is 10.1. The van der Waals surface area contributed by atoms with E-state index in [4.69, 9.17) is 28.7 Å². The van der Waals surface area contributed by atoms with Gasteiger partial charge in [-0.2, -0.15) is 0 Å². The van der Waals surface area contributed by atoms with E-state index in [1.807, 2.05) is 24.4 Å². The van der Waals surface area contributed by atoms with E-state index in [0.717, 1.165) is 57.5 Å². The van der Waals surface area contributed by atoms with Crippen LogP contribution in [-0.2, 0) is 30.2 Å². The van der Waals surface area contributed by atoms with Crippen molar-refractivity contribution in [3.05, 3.63) is 59.7 Å². The average molecular weight is 615 g/mol. The molecular formula is C33H50N4O7. The molecule has 1 saturated heterocycles. The molecule has 11 heteroatoms. The van der Waals surface area contributed by atoms with E-state index in [9.17, 15) is 9.90 Å². The van der Waals surface area contributed by atoms with E-state index < -0.39 is 5.97 Å². The SMILES string of the molecule is CCCOCCC(c1ccccn1)N1CCOCCOCCN(Cc2cccc(C(=O)O)n2)CCO[C@@H]2CCC[C@H]2OCC1. The molecule has 0 spiro atoms. The third kappa shape index (κ3) is 11.8. The first kappa shape index (κ1) is 34.4. The maximum Gasteiger partial charge on any atom is 0.354 e. The zero-order chi connectivity index (χ0) is 30.8. The van der Waals surface area contributed by atoms with Gasteiger partial charge in [-0.1, -0.05) is 19.1 Å². The number of fused-ring (bicyclic) bond motifs is 1. The standard InChI is InChI=1S/C33H50N4O7/c1-2-18-40-19-12-30(28-8-3-4-13-34-28)37-16-21-42-25-24-41-20-14-36(26-27-7-5-9-29(35-27)33(38)39)15-22-43-31-10-6-11-32(31)44-23-17-37/h3-5,7-9,13,30-32H,2,6,10-12,14-26H2,1H3,(H,38,39)/t30?,31-,32-/m1/s1. The summed E-state index contributed by atoms with van der Waals surface area (Å²) in [5.41, 5.74) is 1.80. The van der Waals surface area contributed by atoms with E-state index in [1.54, 1.807) is 6.07 Å². The van der Waals surface area contributed by atoms with Crippen LogP contribution in [-0.4, -0.2) is 122 Å². The maximum absolute atomic E-state index is 11.4. The first-order valence-electron chi connectivity index (χ1n) is 16.2. The van der Waals surface area contributed by atoms with Gasteiger partial charge in [-0.25, -0.2) is 9.78 Å². The number of hydrogen-bond acceptors (Lipinski definition) is 10. The van der Waals surface area contributed by atoms with Gasteiger partial charge in [0, 0.05) is 52.1 Å². The Labute approximate surface area is 261 Å². The van der Waals surface area contributed by atoms with Crippen molar-refractivity contribution in [3.8, 4) is 0 Å². The lowest BCUT2D eigenvalue weighted by molar-refractivity contribution is -0.0692. The van der Waals surface area contributed by atoms with Crippen molar-refractivity contribution in [2.45, 2.75) is 63.8 Å². The van der Waals surface area contributed by atoms with Crippen LogP contribution in [0.25, 0.3) is 0 Å². The van der Waals surface area contributed by atoms with Crippen molar-refractivity contribution < 1.29 is 33.6 Å². The minimum atomic E-state index is -1.03. The monoisotopic (exact) mass is 614 g/mol. The number of rotatable bonds is 10. The Kier molecular flexibility index (Phi) is 15.5. The number of ether oxygens (including phenoxy) is 5. The molecule has 244 valence electrons. The molecule has 2 fully saturated rings. The molecule has 44 heavy (non-hydrogen) atoms. The zero-order valence-corrected chi connectivity index (χ0v) is 26.2. The van der Waals surface area contributed by atoms with E-state index >= 15 is 0 Å². The van der Waals surface area contributed by atoms with Crippen molar-refractivity contribution in [2.75, 3.05) is 79.0 Å². The van der Waals surface area contributed by atoms with Gasteiger partial charge in [0.15, 0.2) is 0 Å². The average Bonchev–Trinajstić information content (AvgIpc) is 3.48. The van der Waals surface area contributed by atoms with Gasteiger partial charge in [-0.05, 0) is 56.4 Å². The number of nitrogens with zero attached hydrogens (tertiary/aromatic N) is 4. The summed E-state index contributed by atoms with van der Waals surface area (Å²) in [7, 11) is 0. The van der Waals surface area contributed by atoms with E-state index in [1.165, 1.54) is 6.07 Å². The van der Waals surface area contributed by atoms with Crippen LogP contribution in [0.15, 0.2) is 42.6 Å². The summed E-state index contributed by atoms with van der Waals surface area (Å²) in [6.45, 7) is 10.2. The maximum atomic E-state index is 11.4. The second-order valence-electron chi connectivity index (χ2n) is 11.3. The van der Waals surface area contributed by atoms with Gasteiger partial charge >= 0.3 is 5.97 Å². The molecule has 1 aliphatic carbocycles. The summed E-state index contributed by atoms with van der Waals surface area (Å²) in [6, 6.07) is 11.3. The number of carboxylic acids is 1. The lowest BCUT2D eigenvalue weighted by Gasteiger charge is -2.32. The Morgan fingerprint density at radius 1 is 0.932 bits per heavy atom. The van der Waals surface area contributed by atoms with E-state index in [0.29, 0.717) is 71.6 Å². The molecule has 0 bridgehead atoms. The van der Waals surface area contributed by atoms with Crippen molar-refractivity contribution in [1.82, 2.24) is 19.8 Å². The van der Waals surface area contributed by atoms with Gasteiger partial charge in [0.05, 0.1) is 69.3 Å². The number of hydrogen-bond donors (Lipinski definition) is 1. The highest BCUT2D eigenvalue weighted by molar-refractivity contribution is 5.85. The topological polar surface area (TPSA) is 116 Å². The molecule has 1 unspecified atom stereocenters. The molecule has 2 aromatic rings. The van der Waals surface area contributed by atoms with Gasteiger partial charge in [0.25, 0.3) is 0 Å². The first-order chi connectivity index (χ1) is 21.6. The van der Waals surface area contributed by atoms with E-state index in [2.05, 4.69) is 27.8 Å². The molecule has 11 nitrogen and oxygen atoms in total. The van der Waals surface area contributed by atoms with Gasteiger partial charge in [0.1, 0.15) is 5.69 Å². The van der Waals surface area contributed by atoms with Crippen LogP contribution < -0.4 is 0 Å². The number of pyridine rings is 2. The Morgan fingerprint density at radius 2 is 1.66 bits per heavy atom. The second-order valence-corrected chi connectivity index (χ2v) is 11.3. The fourth-order valence-electron chi connectivity index (χ4n) is 5.77. The Bertz CT molecular complexity index is 1080. The largest absolute Gasteiger partial charge is 0.477 e. The van der Waals surface area contributed by atoms with Crippen molar-refractivity contribution >= 4 is 5.97 Å². The summed E-state index contributed by atoms with van der Waals surface area (Å²) >= 11 is 0. The fraction of sp³-hybridized carbons (Fsp3) is 0.667. The van der Waals surface area contributed by atoms with Crippen LogP contribution in [0, 0.1) is 0 Å². The van der Waals surface area contributed by atoms with Crippen molar-refractivity contribution in [3.63, 3.8) is 0 Å². The van der Waals surface area contributed by atoms with Gasteiger partial charge < -0.3 is 28.8 Å². The zero-order valence-electron chi connectivity index (χ0n) is 26.2. The summed E-state index contributed by atoms with van der Waals surface area (Å²) < 4.78 is 30.6. The van der Waals surface area contributed by atoms with Crippen LogP contribution in [0.1, 0.15) is 66.9 Å². The molecule has 2 aromatic heterocycles. The Morgan fingerprint density at radius 3 is 2.39 bits per heavy atom. The first-order valence-corrected chi connectivity index (χ1v) is 16.2. The molecule has 4 rings (SSSR count). The molecule has 1 N–H and O–H groups in total. The molecule has 0 aromatic carbocycles. The molecular weight excluding hydrogens is 564 g/mol. The summed E-state index contributed by atoms with van der Waals surface area (Å²) in [5.74, 6) is -1.03. The molecule has 0 amide bonds. The third-order valence-electron chi connectivity index (χ3n) is 8.05. The van der Waals surface area contributed by atoms with E-state index in [-0.39, 0.29) is 23.9 Å². The van der Waals surface area contributed by atoms with Gasteiger partial charge in [-0.3, -0.25) is 14.8 Å². The van der Waals surface area contributed by atoms with Gasteiger partial charge in [-0.15, -0.1) is 0 Å².